The molecular formula is C32H30FN3O5S. The van der Waals surface area contributed by atoms with Crippen molar-refractivity contribution in [1.29, 1.82) is 0 Å². The van der Waals surface area contributed by atoms with E-state index in [9.17, 15) is 17.1 Å². The Labute approximate surface area is 242 Å². The van der Waals surface area contributed by atoms with E-state index in [4.69, 9.17) is 11.2 Å². The molecule has 216 valence electrons. The van der Waals surface area contributed by atoms with Gasteiger partial charge in [0.2, 0.25) is 0 Å². The van der Waals surface area contributed by atoms with Crippen molar-refractivity contribution in [3.63, 3.8) is 0 Å². The van der Waals surface area contributed by atoms with Crippen molar-refractivity contribution in [3.05, 3.63) is 64.6 Å². The van der Waals surface area contributed by atoms with Crippen molar-refractivity contribution >= 4 is 43.3 Å². The molecule has 0 saturated heterocycles. The smallest absolute Gasteiger partial charge is 0.488 e. The fourth-order valence-corrected chi connectivity index (χ4v) is 6.26. The van der Waals surface area contributed by atoms with Gasteiger partial charge in [-0.3, -0.25) is 9.78 Å². The number of terminal acetylenes is 1. The molecule has 1 aliphatic rings. The van der Waals surface area contributed by atoms with Gasteiger partial charge < -0.3 is 18.5 Å². The number of nitrogens with zero attached hydrogens (tertiary/aromatic N) is 2. The van der Waals surface area contributed by atoms with Crippen LogP contribution in [0.25, 0.3) is 44.0 Å². The molecule has 0 unspecified atom stereocenters. The molecule has 5 aromatic rings. The maximum Gasteiger partial charge on any atom is 0.488 e. The molecule has 10 heteroatoms. The van der Waals surface area contributed by atoms with Gasteiger partial charge in [-0.15, -0.1) is 6.42 Å². The number of benzene rings is 2. The number of pyridine rings is 2. The fourth-order valence-electron chi connectivity index (χ4n) is 5.93. The number of fused-ring (bicyclic) bond motifs is 4. The van der Waals surface area contributed by atoms with Crippen LogP contribution in [0.2, 0.25) is 0 Å². The number of rotatable bonds is 7. The molecule has 0 bridgehead atoms. The van der Waals surface area contributed by atoms with E-state index in [2.05, 4.69) is 24.6 Å². The van der Waals surface area contributed by atoms with Gasteiger partial charge in [0.1, 0.15) is 11.4 Å². The van der Waals surface area contributed by atoms with E-state index in [0.717, 1.165) is 54.9 Å². The second-order valence-electron chi connectivity index (χ2n) is 11.2. The molecule has 0 spiro atoms. The van der Waals surface area contributed by atoms with Crippen molar-refractivity contribution in [2.24, 2.45) is 5.92 Å². The second-order valence-corrected chi connectivity index (χ2v) is 12.2. The summed E-state index contributed by atoms with van der Waals surface area (Å²) >= 11 is 0. The highest BCUT2D eigenvalue weighted by Gasteiger charge is 2.25. The lowest BCUT2D eigenvalue weighted by molar-refractivity contribution is 0.272. The summed E-state index contributed by atoms with van der Waals surface area (Å²) in [4.78, 5) is 21.8. The van der Waals surface area contributed by atoms with Crippen LogP contribution in [0.4, 0.5) is 3.89 Å². The minimum Gasteiger partial charge on any atom is -0.493 e. The molecule has 2 aromatic carbocycles. The lowest BCUT2D eigenvalue weighted by Gasteiger charge is -2.28. The maximum absolute atomic E-state index is 14.2. The first-order chi connectivity index (χ1) is 20.1. The van der Waals surface area contributed by atoms with Crippen LogP contribution in [0.1, 0.15) is 57.6 Å². The Morgan fingerprint density at radius 2 is 1.90 bits per heavy atom. The third-order valence-electron chi connectivity index (χ3n) is 7.75. The Kier molecular flexibility index (Phi) is 7.15. The molecule has 6 rings (SSSR count). The minimum absolute atomic E-state index is 0.133. The number of aromatic nitrogens is 3. The topological polar surface area (TPSA) is 103 Å². The quantitative estimate of drug-likeness (QED) is 0.166. The summed E-state index contributed by atoms with van der Waals surface area (Å²) in [7, 11) is -5.24. The molecule has 1 fully saturated rings. The van der Waals surface area contributed by atoms with Crippen LogP contribution in [-0.4, -0.2) is 29.6 Å². The SMILES string of the molecule is C#Cc1ccc2c(c1)[nH]c1c2c(=O)c2cc(OCC(C)C)c(-c3cncc(OS(=O)(=O)F)c3)cc2n1C1CCCCC1. The molecule has 0 amide bonds. The third kappa shape index (κ3) is 5.21. The normalized spacial score (nSPS) is 14.5. The van der Waals surface area contributed by atoms with E-state index >= 15 is 0 Å². The van der Waals surface area contributed by atoms with Crippen LogP contribution in [0, 0.1) is 18.3 Å². The van der Waals surface area contributed by atoms with Crippen molar-refractivity contribution in [2.75, 3.05) is 6.61 Å². The number of nitrogens with one attached hydrogen (secondary N) is 1. The Bertz CT molecular complexity index is 2050. The van der Waals surface area contributed by atoms with E-state index in [-0.39, 0.29) is 23.1 Å². The summed E-state index contributed by atoms with van der Waals surface area (Å²) in [5.41, 5.74) is 3.83. The predicted octanol–water partition coefficient (Wildman–Crippen LogP) is 6.81. The van der Waals surface area contributed by atoms with E-state index in [0.29, 0.717) is 45.3 Å². The van der Waals surface area contributed by atoms with E-state index < -0.39 is 10.5 Å². The molecule has 1 N–H and O–H groups in total. The van der Waals surface area contributed by atoms with Crippen molar-refractivity contribution in [3.8, 4) is 35.0 Å². The van der Waals surface area contributed by atoms with Crippen LogP contribution in [0.5, 0.6) is 11.5 Å². The summed E-state index contributed by atoms with van der Waals surface area (Å²) in [6.07, 6.45) is 13.5. The first-order valence-corrected chi connectivity index (χ1v) is 15.3. The molecule has 1 saturated carbocycles. The Morgan fingerprint density at radius 3 is 2.62 bits per heavy atom. The van der Waals surface area contributed by atoms with Gasteiger partial charge in [0.25, 0.3) is 0 Å². The zero-order valence-corrected chi connectivity index (χ0v) is 24.1. The van der Waals surface area contributed by atoms with Gasteiger partial charge >= 0.3 is 10.5 Å². The van der Waals surface area contributed by atoms with Crippen molar-refractivity contribution in [1.82, 2.24) is 14.5 Å². The molecule has 3 heterocycles. The molecule has 42 heavy (non-hydrogen) atoms. The van der Waals surface area contributed by atoms with Crippen LogP contribution >= 0.6 is 0 Å². The minimum atomic E-state index is -5.24. The molecule has 1 aliphatic carbocycles. The summed E-state index contributed by atoms with van der Waals surface area (Å²) in [5.74, 6) is 3.01. The van der Waals surface area contributed by atoms with E-state index in [1.165, 1.54) is 12.3 Å². The summed E-state index contributed by atoms with van der Waals surface area (Å²) in [6.45, 7) is 4.40. The molecule has 8 nitrogen and oxygen atoms in total. The van der Waals surface area contributed by atoms with Gasteiger partial charge in [-0.25, -0.2) is 0 Å². The number of halogens is 1. The Hall–Kier alpha value is -4.36. The van der Waals surface area contributed by atoms with Crippen molar-refractivity contribution in [2.45, 2.75) is 52.0 Å². The zero-order chi connectivity index (χ0) is 29.6. The lowest BCUT2D eigenvalue weighted by atomic mass is 9.94. The second kappa shape index (κ2) is 10.8. The first-order valence-electron chi connectivity index (χ1n) is 14.0. The highest BCUT2D eigenvalue weighted by molar-refractivity contribution is 7.81. The molecule has 3 aromatic heterocycles. The fraction of sp³-hybridized carbons (Fsp3) is 0.312. The highest BCUT2D eigenvalue weighted by atomic mass is 32.3. The number of ether oxygens (including phenoxy) is 1. The van der Waals surface area contributed by atoms with Gasteiger partial charge in [0.15, 0.2) is 11.2 Å². The average Bonchev–Trinajstić information content (AvgIpc) is 3.34. The van der Waals surface area contributed by atoms with Crippen molar-refractivity contribution < 1.29 is 21.2 Å². The summed E-state index contributed by atoms with van der Waals surface area (Å²) in [6, 6.07) is 10.8. The van der Waals surface area contributed by atoms with Gasteiger partial charge in [-0.2, -0.15) is 8.42 Å². The Balaban J connectivity index is 1.69. The predicted molar refractivity (Wildman–Crippen MR) is 162 cm³/mol. The highest BCUT2D eigenvalue weighted by Crippen LogP contribution is 2.40. The van der Waals surface area contributed by atoms with Crippen LogP contribution in [-0.2, 0) is 10.5 Å². The number of aromatic amines is 1. The first kappa shape index (κ1) is 27.8. The number of hydrogen-bond acceptors (Lipinski definition) is 6. The lowest BCUT2D eigenvalue weighted by Crippen LogP contribution is -2.18. The average molecular weight is 588 g/mol. The number of hydrogen-bond donors (Lipinski definition) is 1. The van der Waals surface area contributed by atoms with Gasteiger partial charge in [-0.1, -0.05) is 49.0 Å². The standard InChI is InChI=1S/C32H30FN3O5S/c1-4-20-10-11-24-27(12-20)35-32-30(24)31(37)26-15-29(40-18-19(2)3)25(14-28(26)36(32)22-8-6-5-7-9-22)21-13-23(17-34-16-21)41-42(33,38)39/h1,10-17,19,22,35H,5-9,18H2,2-3H3. The third-order valence-corrected chi connectivity index (χ3v) is 8.14. The molecular weight excluding hydrogens is 557 g/mol. The molecule has 0 atom stereocenters. The summed E-state index contributed by atoms with van der Waals surface area (Å²) < 4.78 is 48.6. The van der Waals surface area contributed by atoms with E-state index in [1.54, 1.807) is 6.07 Å². The van der Waals surface area contributed by atoms with Gasteiger partial charge in [-0.05, 0) is 49.1 Å². The van der Waals surface area contributed by atoms with Crippen LogP contribution in [0.3, 0.4) is 0 Å². The molecule has 0 aliphatic heterocycles. The van der Waals surface area contributed by atoms with Crippen LogP contribution in [0.15, 0.2) is 53.6 Å². The van der Waals surface area contributed by atoms with Gasteiger partial charge in [0, 0.05) is 39.8 Å². The number of H-pyrrole nitrogens is 1. The van der Waals surface area contributed by atoms with E-state index in [1.807, 2.05) is 38.1 Å². The van der Waals surface area contributed by atoms with Crippen LogP contribution < -0.4 is 14.3 Å². The maximum atomic E-state index is 14.2. The molecule has 0 radical (unpaired) electrons. The largest absolute Gasteiger partial charge is 0.493 e. The Morgan fingerprint density at radius 1 is 1.12 bits per heavy atom. The summed E-state index contributed by atoms with van der Waals surface area (Å²) in [5, 5.41) is 1.90. The zero-order valence-electron chi connectivity index (χ0n) is 23.3. The van der Waals surface area contributed by atoms with Gasteiger partial charge in [0.05, 0.1) is 29.1 Å². The monoisotopic (exact) mass is 587 g/mol.